The molecule has 3 unspecified atom stereocenters. The zero-order valence-electron chi connectivity index (χ0n) is 22.7. The molecule has 0 radical (unpaired) electrons. The van der Waals surface area contributed by atoms with E-state index in [4.69, 9.17) is 0 Å². The van der Waals surface area contributed by atoms with Gasteiger partial charge in [-0.05, 0) is 51.4 Å². The lowest BCUT2D eigenvalue weighted by atomic mass is 9.95. The predicted octanol–water partition coefficient (Wildman–Crippen LogP) is 4.89. The molecular formula is C28H51NO6. The van der Waals surface area contributed by atoms with E-state index in [2.05, 4.69) is 19.1 Å². The molecule has 0 rings (SSSR count). The SMILES string of the molecule is CCCC/C=C/CCCCCCC[N+](CC(CC)C(=O)[O-])(CC(CC)C(=O)O)CC(CC)C(=O)O. The second kappa shape index (κ2) is 19.3. The van der Waals surface area contributed by atoms with Gasteiger partial charge in [0.25, 0.3) is 0 Å². The zero-order valence-corrected chi connectivity index (χ0v) is 22.7. The van der Waals surface area contributed by atoms with Crippen molar-refractivity contribution in [2.24, 2.45) is 17.8 Å². The molecule has 0 aromatic heterocycles. The van der Waals surface area contributed by atoms with Gasteiger partial charge >= 0.3 is 11.9 Å². The van der Waals surface area contributed by atoms with Gasteiger partial charge in [-0.3, -0.25) is 9.59 Å². The molecule has 7 nitrogen and oxygen atoms in total. The molecule has 0 aromatic carbocycles. The van der Waals surface area contributed by atoms with E-state index < -0.39 is 35.7 Å². The number of hydrogen-bond acceptors (Lipinski definition) is 4. The molecule has 0 aliphatic rings. The molecule has 35 heavy (non-hydrogen) atoms. The molecule has 0 amide bonds. The average Bonchev–Trinajstić information content (AvgIpc) is 2.82. The zero-order chi connectivity index (χ0) is 26.7. The summed E-state index contributed by atoms with van der Waals surface area (Å²) < 4.78 is 0.211. The maximum Gasteiger partial charge on any atom is 0.312 e. The Balaban J connectivity index is 5.36. The molecule has 0 bridgehead atoms. The summed E-state index contributed by atoms with van der Waals surface area (Å²) in [7, 11) is 0. The van der Waals surface area contributed by atoms with Crippen LogP contribution in [0, 0.1) is 17.8 Å². The minimum absolute atomic E-state index is 0.211. The van der Waals surface area contributed by atoms with E-state index in [1.807, 2.05) is 13.8 Å². The van der Waals surface area contributed by atoms with Gasteiger partial charge < -0.3 is 24.6 Å². The number of aliphatic carboxylic acids is 3. The van der Waals surface area contributed by atoms with Crippen molar-refractivity contribution in [1.82, 2.24) is 0 Å². The van der Waals surface area contributed by atoms with Crippen LogP contribution in [0.1, 0.15) is 105 Å². The monoisotopic (exact) mass is 497 g/mol. The maximum atomic E-state index is 11.9. The normalized spacial score (nSPS) is 16.0. The van der Waals surface area contributed by atoms with Crippen molar-refractivity contribution < 1.29 is 34.2 Å². The van der Waals surface area contributed by atoms with Gasteiger partial charge in [-0.15, -0.1) is 0 Å². The van der Waals surface area contributed by atoms with Crippen LogP contribution >= 0.6 is 0 Å². The van der Waals surface area contributed by atoms with Crippen molar-refractivity contribution in [2.75, 3.05) is 26.2 Å². The lowest BCUT2D eigenvalue weighted by molar-refractivity contribution is -0.935. The van der Waals surface area contributed by atoms with Crippen LogP contribution in [0.2, 0.25) is 0 Å². The van der Waals surface area contributed by atoms with E-state index in [9.17, 15) is 29.7 Å². The third kappa shape index (κ3) is 14.3. The average molecular weight is 498 g/mol. The summed E-state index contributed by atoms with van der Waals surface area (Å²) in [5.41, 5.74) is 0. The van der Waals surface area contributed by atoms with Gasteiger partial charge in [0, 0.05) is 5.92 Å². The highest BCUT2D eigenvalue weighted by Gasteiger charge is 2.39. The predicted molar refractivity (Wildman–Crippen MR) is 138 cm³/mol. The highest BCUT2D eigenvalue weighted by molar-refractivity contribution is 5.70. The highest BCUT2D eigenvalue weighted by Crippen LogP contribution is 2.25. The second-order valence-electron chi connectivity index (χ2n) is 10.1. The standard InChI is InChI=1S/C28H51NO6/c1-5-9-10-11-12-13-14-15-16-17-18-19-29(20-23(6-2)26(30)31,21-24(7-3)27(32)33)22-25(8-4)28(34)35/h11-12,23-25H,5-10,13-22H2,1-4H3,(H2-,30,31,32,33,34,35)/b12-11+. The van der Waals surface area contributed by atoms with Crippen molar-refractivity contribution in [3.63, 3.8) is 0 Å². The molecule has 3 atom stereocenters. The van der Waals surface area contributed by atoms with Gasteiger partial charge in [-0.1, -0.05) is 65.5 Å². The smallest absolute Gasteiger partial charge is 0.312 e. The first-order valence-electron chi connectivity index (χ1n) is 13.8. The molecule has 2 N–H and O–H groups in total. The Morgan fingerprint density at radius 3 is 1.54 bits per heavy atom. The Labute approximate surface area is 213 Å². The fourth-order valence-electron chi connectivity index (χ4n) is 4.83. The molecule has 0 aliphatic carbocycles. The van der Waals surface area contributed by atoms with Crippen molar-refractivity contribution >= 4 is 17.9 Å². The number of carboxylic acids is 3. The Kier molecular flexibility index (Phi) is 18.3. The van der Waals surface area contributed by atoms with Gasteiger partial charge in [0.1, 0.15) is 11.8 Å². The van der Waals surface area contributed by atoms with Gasteiger partial charge in [0.2, 0.25) is 0 Å². The van der Waals surface area contributed by atoms with Gasteiger partial charge in [0.05, 0.1) is 32.1 Å². The number of rotatable bonds is 23. The molecule has 0 aromatic rings. The van der Waals surface area contributed by atoms with Crippen LogP contribution in [0.3, 0.4) is 0 Å². The molecule has 0 heterocycles. The lowest BCUT2D eigenvalue weighted by Gasteiger charge is -2.44. The topological polar surface area (TPSA) is 115 Å². The van der Waals surface area contributed by atoms with E-state index >= 15 is 0 Å². The molecule has 7 heteroatoms. The summed E-state index contributed by atoms with van der Waals surface area (Å²) in [4.78, 5) is 35.6. The van der Waals surface area contributed by atoms with Crippen molar-refractivity contribution in [3.05, 3.63) is 12.2 Å². The summed E-state index contributed by atoms with van der Waals surface area (Å²) in [6.45, 7) is 8.92. The molecule has 204 valence electrons. The first kappa shape index (κ1) is 33.1. The highest BCUT2D eigenvalue weighted by atomic mass is 16.4. The number of hydrogen-bond donors (Lipinski definition) is 2. The number of carbonyl (C=O) groups excluding carboxylic acids is 1. The molecule has 0 saturated heterocycles. The van der Waals surface area contributed by atoms with Crippen LogP contribution in [-0.2, 0) is 14.4 Å². The van der Waals surface area contributed by atoms with E-state index in [0.29, 0.717) is 25.8 Å². The molecule has 0 aliphatic heterocycles. The van der Waals surface area contributed by atoms with Gasteiger partial charge in [-0.2, -0.15) is 0 Å². The Morgan fingerprint density at radius 1 is 0.686 bits per heavy atom. The maximum absolute atomic E-state index is 11.9. The minimum Gasteiger partial charge on any atom is -0.550 e. The van der Waals surface area contributed by atoms with Crippen LogP contribution in [0.5, 0.6) is 0 Å². The van der Waals surface area contributed by atoms with E-state index in [0.717, 1.165) is 44.9 Å². The number of unbranched alkanes of at least 4 members (excludes halogenated alkanes) is 7. The Bertz CT molecular complexity index is 573. The second-order valence-corrected chi connectivity index (χ2v) is 10.1. The van der Waals surface area contributed by atoms with Crippen LogP contribution in [0.4, 0.5) is 0 Å². The Hall–Kier alpha value is -1.89. The summed E-state index contributed by atoms with van der Waals surface area (Å²) in [5, 5.41) is 31.3. The number of nitrogens with zero attached hydrogens (tertiary/aromatic N) is 1. The van der Waals surface area contributed by atoms with E-state index in [-0.39, 0.29) is 24.1 Å². The summed E-state index contributed by atoms with van der Waals surface area (Å²) >= 11 is 0. The molecule has 0 spiro atoms. The van der Waals surface area contributed by atoms with Crippen LogP contribution in [0.25, 0.3) is 0 Å². The van der Waals surface area contributed by atoms with Gasteiger partial charge in [-0.25, -0.2) is 0 Å². The number of carboxylic acid groups (broad SMARTS) is 3. The molecule has 0 fully saturated rings. The Morgan fingerprint density at radius 2 is 1.11 bits per heavy atom. The minimum atomic E-state index is -1.14. The fourth-order valence-corrected chi connectivity index (χ4v) is 4.83. The molecular weight excluding hydrogens is 446 g/mol. The van der Waals surface area contributed by atoms with Crippen molar-refractivity contribution in [3.8, 4) is 0 Å². The first-order chi connectivity index (χ1) is 16.7. The largest absolute Gasteiger partial charge is 0.550 e. The summed E-state index contributed by atoms with van der Waals surface area (Å²) in [6, 6.07) is 0. The third-order valence-electron chi connectivity index (χ3n) is 7.23. The van der Waals surface area contributed by atoms with Gasteiger partial charge in [0.15, 0.2) is 0 Å². The quantitative estimate of drug-likeness (QED) is 0.118. The van der Waals surface area contributed by atoms with Crippen LogP contribution in [-0.4, -0.2) is 58.8 Å². The molecule has 0 saturated carbocycles. The number of allylic oxidation sites excluding steroid dienone is 2. The van der Waals surface area contributed by atoms with Crippen molar-refractivity contribution in [1.29, 1.82) is 0 Å². The summed E-state index contributed by atoms with van der Waals surface area (Å²) in [5.74, 6) is -4.97. The van der Waals surface area contributed by atoms with Crippen LogP contribution in [0.15, 0.2) is 12.2 Å². The lowest BCUT2D eigenvalue weighted by Crippen LogP contribution is -2.59. The summed E-state index contributed by atoms with van der Waals surface area (Å²) in [6.07, 6.45) is 15.5. The third-order valence-corrected chi connectivity index (χ3v) is 7.23. The van der Waals surface area contributed by atoms with Crippen molar-refractivity contribution in [2.45, 2.75) is 105 Å². The first-order valence-corrected chi connectivity index (χ1v) is 13.8. The van der Waals surface area contributed by atoms with E-state index in [1.54, 1.807) is 6.92 Å². The van der Waals surface area contributed by atoms with E-state index in [1.165, 1.54) is 12.8 Å². The number of carbonyl (C=O) groups is 3. The fraction of sp³-hybridized carbons (Fsp3) is 0.821. The van der Waals surface area contributed by atoms with Crippen LogP contribution < -0.4 is 5.11 Å². The number of quaternary nitrogens is 1.